The maximum absolute atomic E-state index is 9.23. The van der Waals surface area contributed by atoms with Crippen LogP contribution in [0.5, 0.6) is 5.75 Å². The Hall–Kier alpha value is -1.86. The highest BCUT2D eigenvalue weighted by molar-refractivity contribution is 6.59. The van der Waals surface area contributed by atoms with Gasteiger partial charge < -0.3 is 14.8 Å². The van der Waals surface area contributed by atoms with E-state index in [1.54, 1.807) is 23.1 Å². The highest BCUT2D eigenvalue weighted by Crippen LogP contribution is 2.10. The molecule has 0 aliphatic heterocycles. The SMILES string of the molecule is COc1ccc(Cn2cncn2)cc1B(O)O. The molecule has 0 radical (unpaired) electrons. The predicted molar refractivity (Wildman–Crippen MR) is 61.9 cm³/mol. The molecule has 0 unspecified atom stereocenters. The monoisotopic (exact) mass is 233 g/mol. The van der Waals surface area contributed by atoms with E-state index in [-0.39, 0.29) is 0 Å². The van der Waals surface area contributed by atoms with Gasteiger partial charge in [0.25, 0.3) is 0 Å². The van der Waals surface area contributed by atoms with Crippen LogP contribution in [0, 0.1) is 0 Å². The number of hydrogen-bond donors (Lipinski definition) is 2. The lowest BCUT2D eigenvalue weighted by molar-refractivity contribution is 0.403. The minimum atomic E-state index is -1.55. The standard InChI is InChI=1S/C10H12BN3O3/c1-17-10-3-2-8(4-9(10)11(15)16)5-14-7-12-6-13-14/h2-4,6-7,15-16H,5H2,1H3. The Kier molecular flexibility index (Phi) is 3.41. The average Bonchev–Trinajstić information content (AvgIpc) is 2.81. The molecule has 2 aromatic rings. The summed E-state index contributed by atoms with van der Waals surface area (Å²) in [6.45, 7) is 0.518. The molecular weight excluding hydrogens is 221 g/mol. The van der Waals surface area contributed by atoms with E-state index in [1.165, 1.54) is 13.4 Å². The van der Waals surface area contributed by atoms with Crippen molar-refractivity contribution in [2.45, 2.75) is 6.54 Å². The Morgan fingerprint density at radius 2 is 2.24 bits per heavy atom. The van der Waals surface area contributed by atoms with Crippen LogP contribution < -0.4 is 10.2 Å². The largest absolute Gasteiger partial charge is 0.497 e. The van der Waals surface area contributed by atoms with Crippen molar-refractivity contribution in [3.8, 4) is 5.75 Å². The summed E-state index contributed by atoms with van der Waals surface area (Å²) < 4.78 is 6.69. The van der Waals surface area contributed by atoms with E-state index in [2.05, 4.69) is 10.1 Å². The molecule has 2 rings (SSSR count). The van der Waals surface area contributed by atoms with Crippen LogP contribution in [0.1, 0.15) is 5.56 Å². The summed E-state index contributed by atoms with van der Waals surface area (Å²) in [4.78, 5) is 3.84. The van der Waals surface area contributed by atoms with E-state index in [4.69, 9.17) is 4.74 Å². The summed E-state index contributed by atoms with van der Waals surface area (Å²) in [7, 11) is -0.0705. The summed E-state index contributed by atoms with van der Waals surface area (Å²) in [6.07, 6.45) is 3.05. The van der Waals surface area contributed by atoms with Gasteiger partial charge in [0.2, 0.25) is 0 Å². The fourth-order valence-corrected chi connectivity index (χ4v) is 1.59. The number of hydrogen-bond acceptors (Lipinski definition) is 5. The van der Waals surface area contributed by atoms with Crippen molar-refractivity contribution in [2.24, 2.45) is 0 Å². The Labute approximate surface area is 98.6 Å². The topological polar surface area (TPSA) is 80.4 Å². The first-order valence-corrected chi connectivity index (χ1v) is 5.06. The molecule has 0 aliphatic carbocycles. The van der Waals surface area contributed by atoms with Gasteiger partial charge in [-0.15, -0.1) is 0 Å². The first kappa shape index (κ1) is 11.6. The zero-order valence-electron chi connectivity index (χ0n) is 9.32. The molecule has 0 bridgehead atoms. The lowest BCUT2D eigenvalue weighted by Gasteiger charge is -2.10. The summed E-state index contributed by atoms with van der Waals surface area (Å²) in [6, 6.07) is 5.21. The van der Waals surface area contributed by atoms with Gasteiger partial charge in [0, 0.05) is 5.46 Å². The molecule has 0 saturated heterocycles. The summed E-state index contributed by atoms with van der Waals surface area (Å²) in [5.74, 6) is 0.447. The van der Waals surface area contributed by atoms with Gasteiger partial charge >= 0.3 is 7.12 Å². The van der Waals surface area contributed by atoms with Gasteiger partial charge in [0.05, 0.1) is 13.7 Å². The third-order valence-electron chi connectivity index (χ3n) is 2.38. The molecule has 0 spiro atoms. The quantitative estimate of drug-likeness (QED) is 0.663. The van der Waals surface area contributed by atoms with Gasteiger partial charge in [-0.05, 0) is 11.6 Å². The van der Waals surface area contributed by atoms with Crippen molar-refractivity contribution in [1.29, 1.82) is 0 Å². The average molecular weight is 233 g/mol. The minimum Gasteiger partial charge on any atom is -0.497 e. The second kappa shape index (κ2) is 4.98. The van der Waals surface area contributed by atoms with Gasteiger partial charge in [0.1, 0.15) is 18.4 Å². The van der Waals surface area contributed by atoms with Gasteiger partial charge in [-0.1, -0.05) is 12.1 Å². The van der Waals surface area contributed by atoms with Gasteiger partial charge in [-0.2, -0.15) is 5.10 Å². The first-order chi connectivity index (χ1) is 8.20. The number of ether oxygens (including phenoxy) is 1. The molecule has 1 heterocycles. The van der Waals surface area contributed by atoms with E-state index >= 15 is 0 Å². The molecule has 1 aromatic carbocycles. The van der Waals surface area contributed by atoms with Crippen molar-refractivity contribution >= 4 is 12.6 Å². The Morgan fingerprint density at radius 3 is 2.82 bits per heavy atom. The van der Waals surface area contributed by atoms with Crippen LogP contribution in [0.25, 0.3) is 0 Å². The molecule has 6 nitrogen and oxygen atoms in total. The second-order valence-corrected chi connectivity index (χ2v) is 3.54. The van der Waals surface area contributed by atoms with E-state index in [0.29, 0.717) is 17.8 Å². The number of methoxy groups -OCH3 is 1. The highest BCUT2D eigenvalue weighted by atomic mass is 16.5. The van der Waals surface area contributed by atoms with E-state index in [1.807, 2.05) is 6.07 Å². The number of nitrogens with zero attached hydrogens (tertiary/aromatic N) is 3. The molecule has 0 fully saturated rings. The maximum atomic E-state index is 9.23. The number of benzene rings is 1. The lowest BCUT2D eigenvalue weighted by atomic mass is 9.78. The van der Waals surface area contributed by atoms with Crippen LogP contribution >= 0.6 is 0 Å². The zero-order valence-corrected chi connectivity index (χ0v) is 9.32. The van der Waals surface area contributed by atoms with Crippen molar-refractivity contribution in [3.63, 3.8) is 0 Å². The Bertz CT molecular complexity index is 488. The molecule has 7 heteroatoms. The Balaban J connectivity index is 2.27. The van der Waals surface area contributed by atoms with Gasteiger partial charge in [-0.3, -0.25) is 0 Å². The third-order valence-corrected chi connectivity index (χ3v) is 2.38. The second-order valence-electron chi connectivity index (χ2n) is 3.54. The van der Waals surface area contributed by atoms with Crippen molar-refractivity contribution < 1.29 is 14.8 Å². The van der Waals surface area contributed by atoms with Crippen LogP contribution in [-0.4, -0.2) is 39.0 Å². The van der Waals surface area contributed by atoms with Crippen LogP contribution in [-0.2, 0) is 6.54 Å². The van der Waals surface area contributed by atoms with Gasteiger partial charge in [-0.25, -0.2) is 9.67 Å². The summed E-state index contributed by atoms with van der Waals surface area (Å²) in [5.41, 5.74) is 1.23. The minimum absolute atomic E-state index is 0.338. The van der Waals surface area contributed by atoms with Crippen LogP contribution in [0.4, 0.5) is 0 Å². The van der Waals surface area contributed by atoms with Crippen LogP contribution in [0.3, 0.4) is 0 Å². The summed E-state index contributed by atoms with van der Waals surface area (Å²) >= 11 is 0. The highest BCUT2D eigenvalue weighted by Gasteiger charge is 2.17. The fourth-order valence-electron chi connectivity index (χ4n) is 1.59. The smallest absolute Gasteiger partial charge is 0.492 e. The predicted octanol–water partition coefficient (Wildman–Crippen LogP) is -0.985. The van der Waals surface area contributed by atoms with E-state index in [0.717, 1.165) is 5.56 Å². The number of rotatable bonds is 4. The molecule has 0 atom stereocenters. The van der Waals surface area contributed by atoms with E-state index < -0.39 is 7.12 Å². The molecule has 17 heavy (non-hydrogen) atoms. The molecule has 88 valence electrons. The molecule has 0 aliphatic rings. The van der Waals surface area contributed by atoms with Crippen molar-refractivity contribution in [3.05, 3.63) is 36.4 Å². The number of aromatic nitrogens is 3. The molecular formula is C10H12BN3O3. The van der Waals surface area contributed by atoms with Crippen LogP contribution in [0.2, 0.25) is 0 Å². The van der Waals surface area contributed by atoms with Crippen molar-refractivity contribution in [2.75, 3.05) is 7.11 Å². The normalized spacial score (nSPS) is 10.3. The maximum Gasteiger partial charge on any atom is 0.492 e. The van der Waals surface area contributed by atoms with Crippen LogP contribution in [0.15, 0.2) is 30.9 Å². The molecule has 2 N–H and O–H groups in total. The molecule has 1 aromatic heterocycles. The zero-order chi connectivity index (χ0) is 12.3. The molecule has 0 amide bonds. The molecule has 0 saturated carbocycles. The Morgan fingerprint density at radius 1 is 1.41 bits per heavy atom. The van der Waals surface area contributed by atoms with E-state index in [9.17, 15) is 10.0 Å². The van der Waals surface area contributed by atoms with Gasteiger partial charge in [0.15, 0.2) is 0 Å². The lowest BCUT2D eigenvalue weighted by Crippen LogP contribution is -2.31. The third kappa shape index (κ3) is 2.63. The first-order valence-electron chi connectivity index (χ1n) is 5.06. The summed E-state index contributed by atoms with van der Waals surface area (Å²) in [5, 5.41) is 22.4. The van der Waals surface area contributed by atoms with Crippen molar-refractivity contribution in [1.82, 2.24) is 14.8 Å². The fraction of sp³-hybridized carbons (Fsp3) is 0.200.